The van der Waals surface area contributed by atoms with Crippen LogP contribution in [-0.2, 0) is 0 Å². The van der Waals surface area contributed by atoms with Crippen LogP contribution in [-0.4, -0.2) is 168 Å². The summed E-state index contributed by atoms with van der Waals surface area (Å²) in [5.41, 5.74) is -3.36. The predicted molar refractivity (Wildman–Crippen MR) is 256 cm³/mol. The minimum absolute atomic E-state index is 0.0692. The second-order valence-electron chi connectivity index (χ2n) is 17.9. The molecule has 2 amide bonds. The van der Waals surface area contributed by atoms with Gasteiger partial charge < -0.3 is 40.4 Å². The topological polar surface area (TPSA) is 118 Å². The zero-order valence-corrected chi connectivity index (χ0v) is 41.0. The smallest absolute Gasteiger partial charge is 0.256 e. The van der Waals surface area contributed by atoms with E-state index < -0.39 is 69.3 Å². The number of likely N-dealkylation sites (N-methyl/N-ethyl adjacent to an activating group) is 3. The Kier molecular flexibility index (Phi) is 15.8. The summed E-state index contributed by atoms with van der Waals surface area (Å²) in [6.45, 7) is 6.76. The molecule has 4 aliphatic heterocycles. The zero-order chi connectivity index (χ0) is 47.7. The Bertz CT molecular complexity index is 2300. The van der Waals surface area contributed by atoms with Crippen molar-refractivity contribution in [1.29, 1.82) is 0 Å². The minimum atomic E-state index is -1.26. The van der Waals surface area contributed by atoms with E-state index in [0.29, 0.717) is 26.3 Å². The highest BCUT2D eigenvalue weighted by Gasteiger charge is 2.47. The van der Waals surface area contributed by atoms with Crippen LogP contribution in [0.3, 0.4) is 0 Å². The molecular weight excluding hydrogens is 1100 g/mol. The van der Waals surface area contributed by atoms with Crippen molar-refractivity contribution < 1.29 is 46.1 Å². The lowest BCUT2D eigenvalue weighted by Crippen LogP contribution is -2.68. The Labute approximate surface area is 407 Å². The number of benzene rings is 4. The monoisotopic (exact) mass is 1150 g/mol. The molecule has 4 aromatic carbocycles. The summed E-state index contributed by atoms with van der Waals surface area (Å²) >= 11 is 3.87. The van der Waals surface area contributed by atoms with E-state index in [4.69, 9.17) is 0 Å². The van der Waals surface area contributed by atoms with Crippen molar-refractivity contribution in [2.45, 2.75) is 30.1 Å². The first-order valence-electron chi connectivity index (χ1n) is 21.4. The van der Waals surface area contributed by atoms with Gasteiger partial charge in [-0.25, -0.2) is 26.3 Å². The highest BCUT2D eigenvalue weighted by molar-refractivity contribution is 14.1. The number of carbonyl (C=O) groups excluding carboxylic acids is 2. The summed E-state index contributed by atoms with van der Waals surface area (Å²) in [7, 11) is 6.08. The lowest BCUT2D eigenvalue weighted by molar-refractivity contribution is -0.0986. The number of anilines is 4. The molecule has 20 heteroatoms. The molecule has 356 valence electrons. The summed E-state index contributed by atoms with van der Waals surface area (Å²) in [5, 5.41) is 26.9. The number of hydrogen-bond acceptors (Lipinski definition) is 10. The number of hydrogen-bond donors (Lipinski definition) is 4. The largest absolute Gasteiger partial charge is 0.385 e. The van der Waals surface area contributed by atoms with E-state index in [0.717, 1.165) is 64.2 Å². The highest BCUT2D eigenvalue weighted by Crippen LogP contribution is 2.34. The third-order valence-corrected chi connectivity index (χ3v) is 13.8. The Hall–Kier alpha value is -3.78. The molecule has 4 aromatic rings. The first-order chi connectivity index (χ1) is 31.2. The molecule has 0 saturated carbocycles. The fourth-order valence-electron chi connectivity index (χ4n) is 8.85. The Morgan fingerprint density at radius 1 is 0.667 bits per heavy atom. The van der Waals surface area contributed by atoms with Gasteiger partial charge in [-0.15, -0.1) is 0 Å². The van der Waals surface area contributed by atoms with E-state index in [1.165, 1.54) is 46.2 Å². The standard InChI is InChI=1S/2C23H26F3IN4O2/c1-29-8-7-15(10-29)30(2)11-23(33)12-31(13-23)22(32)16-4-5-17(24)20(26)21(16)28-19-6-3-14(27)9-18(19)25;1-29-7-2-8-30(10-9-29)12-23(33)13-31(14-23)22(32)16-4-5-17(24)20(26)21(16)28-19-6-3-15(27)11-18(19)25/h3-6,9,15,28,33H,7-8,10-13H2,1-2H3;3-6,11,28,33H,2,7-10,12-14H2,1H3. The second-order valence-corrected chi connectivity index (χ2v) is 20.4. The van der Waals surface area contributed by atoms with Gasteiger partial charge in [-0.1, -0.05) is 0 Å². The van der Waals surface area contributed by atoms with Gasteiger partial charge in [0.15, 0.2) is 23.3 Å². The zero-order valence-electron chi connectivity index (χ0n) is 36.7. The molecule has 4 fully saturated rings. The lowest BCUT2D eigenvalue weighted by Gasteiger charge is -2.48. The van der Waals surface area contributed by atoms with Gasteiger partial charge in [0.25, 0.3) is 11.8 Å². The molecule has 4 saturated heterocycles. The van der Waals surface area contributed by atoms with Crippen LogP contribution in [0.2, 0.25) is 0 Å². The van der Waals surface area contributed by atoms with E-state index in [-0.39, 0.29) is 48.7 Å². The van der Waals surface area contributed by atoms with Gasteiger partial charge >= 0.3 is 0 Å². The molecule has 0 aliphatic carbocycles. The van der Waals surface area contributed by atoms with Gasteiger partial charge in [0.05, 0.1) is 60.1 Å². The van der Waals surface area contributed by atoms with Crippen molar-refractivity contribution in [1.82, 2.24) is 29.4 Å². The Morgan fingerprint density at radius 2 is 1.17 bits per heavy atom. The van der Waals surface area contributed by atoms with Crippen molar-refractivity contribution in [3.05, 3.63) is 114 Å². The molecule has 1 unspecified atom stereocenters. The summed E-state index contributed by atoms with van der Waals surface area (Å²) in [4.78, 5) is 37.7. The molecule has 0 radical (unpaired) electrons. The number of halogens is 8. The van der Waals surface area contributed by atoms with Crippen LogP contribution in [0.15, 0.2) is 60.7 Å². The molecule has 4 heterocycles. The van der Waals surface area contributed by atoms with Crippen LogP contribution < -0.4 is 10.6 Å². The molecule has 4 aliphatic rings. The third kappa shape index (κ3) is 11.7. The van der Waals surface area contributed by atoms with Gasteiger partial charge in [-0.2, -0.15) is 0 Å². The lowest BCUT2D eigenvalue weighted by atomic mass is 9.91. The van der Waals surface area contributed by atoms with E-state index in [1.807, 2.05) is 52.2 Å². The summed E-state index contributed by atoms with van der Waals surface area (Å²) in [5.74, 6) is -7.23. The quantitative estimate of drug-likeness (QED) is 0.0974. The number of amides is 2. The molecule has 1 atom stereocenters. The van der Waals surface area contributed by atoms with Gasteiger partial charge in [0.1, 0.15) is 22.8 Å². The van der Waals surface area contributed by atoms with Crippen LogP contribution in [0.25, 0.3) is 0 Å². The number of rotatable bonds is 11. The molecule has 0 aromatic heterocycles. The van der Waals surface area contributed by atoms with Gasteiger partial charge in [-0.05, 0) is 159 Å². The van der Waals surface area contributed by atoms with Crippen molar-refractivity contribution in [2.75, 3.05) is 110 Å². The van der Waals surface area contributed by atoms with Crippen LogP contribution >= 0.6 is 45.2 Å². The normalized spacial score (nSPS) is 19.7. The Morgan fingerprint density at radius 3 is 1.64 bits per heavy atom. The molecule has 8 rings (SSSR count). The number of nitrogens with one attached hydrogen (secondary N) is 2. The van der Waals surface area contributed by atoms with Crippen molar-refractivity contribution in [3.63, 3.8) is 0 Å². The maximum Gasteiger partial charge on any atom is 0.256 e. The first-order valence-corrected chi connectivity index (χ1v) is 23.6. The Balaban J connectivity index is 0.000000196. The van der Waals surface area contributed by atoms with Crippen LogP contribution in [0.5, 0.6) is 0 Å². The SMILES string of the molecule is CN1CCC(N(C)CC2(O)CN(C(=O)c3ccc(F)c(F)c3Nc3ccc(I)cc3F)C2)C1.CN1CCCN(CC2(O)CN(C(=O)c3ccc(F)c(F)c3Nc3ccc(I)cc3F)C2)CC1. The fourth-order valence-corrected chi connectivity index (χ4v) is 9.76. The molecule has 66 heavy (non-hydrogen) atoms. The maximum absolute atomic E-state index is 14.6. The number of aliphatic hydroxyl groups is 2. The average Bonchev–Trinajstić information content (AvgIpc) is 3.58. The first kappa shape index (κ1) is 50.1. The number of likely N-dealkylation sites (tertiary alicyclic amines) is 3. The van der Waals surface area contributed by atoms with Gasteiger partial charge in [0.2, 0.25) is 0 Å². The predicted octanol–water partition coefficient (Wildman–Crippen LogP) is 6.55. The van der Waals surface area contributed by atoms with Crippen LogP contribution in [0.4, 0.5) is 49.1 Å². The molecule has 0 bridgehead atoms. The summed E-state index contributed by atoms with van der Waals surface area (Å²) in [6, 6.07) is 12.9. The summed E-state index contributed by atoms with van der Waals surface area (Å²) < 4.78 is 87.0. The minimum Gasteiger partial charge on any atom is -0.385 e. The van der Waals surface area contributed by atoms with Gasteiger partial charge in [0, 0.05) is 45.9 Å². The van der Waals surface area contributed by atoms with Crippen molar-refractivity contribution in [3.8, 4) is 0 Å². The van der Waals surface area contributed by atoms with Crippen LogP contribution in [0, 0.1) is 42.0 Å². The number of nitrogens with zero attached hydrogens (tertiary/aromatic N) is 6. The maximum atomic E-state index is 14.6. The molecule has 0 spiro atoms. The van der Waals surface area contributed by atoms with E-state index in [1.54, 1.807) is 12.1 Å². The molecular formula is C46H52F6I2N8O4. The number of carbonyl (C=O) groups is 2. The fraction of sp³-hybridized carbons (Fsp3) is 0.435. The second kappa shape index (κ2) is 20.8. The average molecular weight is 1150 g/mol. The van der Waals surface area contributed by atoms with E-state index in [2.05, 4.69) is 44.3 Å². The molecule has 4 N–H and O–H groups in total. The number of β-amino-alcohol motifs (C(OH)–C–C–N with tert-alkyl or cyclic N) is 2. The summed E-state index contributed by atoms with van der Waals surface area (Å²) in [6.07, 6.45) is 2.03. The van der Waals surface area contributed by atoms with Crippen molar-refractivity contribution >= 4 is 79.7 Å². The van der Waals surface area contributed by atoms with Crippen LogP contribution in [0.1, 0.15) is 33.6 Å². The van der Waals surface area contributed by atoms with Gasteiger partial charge in [-0.3, -0.25) is 19.4 Å². The van der Waals surface area contributed by atoms with E-state index in [9.17, 15) is 46.1 Å². The van der Waals surface area contributed by atoms with E-state index >= 15 is 0 Å². The van der Waals surface area contributed by atoms with Crippen molar-refractivity contribution in [2.24, 2.45) is 0 Å². The molecule has 12 nitrogen and oxygen atoms in total. The highest BCUT2D eigenvalue weighted by atomic mass is 127. The third-order valence-electron chi connectivity index (χ3n) is 12.4.